The van der Waals surface area contributed by atoms with Gasteiger partial charge < -0.3 is 4.74 Å². The van der Waals surface area contributed by atoms with Crippen LogP contribution >= 0.6 is 0 Å². The lowest BCUT2D eigenvalue weighted by molar-refractivity contribution is 0.415. The van der Waals surface area contributed by atoms with Crippen LogP contribution in [0.25, 0.3) is 28.2 Å². The highest BCUT2D eigenvalue weighted by Crippen LogP contribution is 2.22. The lowest BCUT2D eigenvalue weighted by atomic mass is 10.1. The Morgan fingerprint density at radius 1 is 0.958 bits per heavy atom. The zero-order valence-corrected chi connectivity index (χ0v) is 13.1. The van der Waals surface area contributed by atoms with Gasteiger partial charge >= 0.3 is 0 Å². The largest absolute Gasteiger partial charge is 0.497 e. The smallest absolute Gasteiger partial charge is 0.273 e. The summed E-state index contributed by atoms with van der Waals surface area (Å²) in [6.45, 7) is 0. The van der Waals surface area contributed by atoms with Crippen LogP contribution in [0.2, 0.25) is 0 Å². The molecule has 0 spiro atoms. The Hall–Kier alpha value is -3.34. The summed E-state index contributed by atoms with van der Waals surface area (Å²) in [5, 5.41) is 3.10. The summed E-state index contributed by atoms with van der Waals surface area (Å²) < 4.78 is 6.62. The zero-order chi connectivity index (χ0) is 16.5. The molecule has 0 bridgehead atoms. The van der Waals surface area contributed by atoms with E-state index in [4.69, 9.17) is 4.74 Å². The first kappa shape index (κ1) is 14.3. The Bertz CT molecular complexity index is 1050. The minimum atomic E-state index is -0.140. The molecule has 0 radical (unpaired) electrons. The average molecular weight is 317 g/mol. The van der Waals surface area contributed by atoms with Crippen molar-refractivity contribution in [1.82, 2.24) is 14.6 Å². The topological polar surface area (TPSA) is 59.4 Å². The van der Waals surface area contributed by atoms with Gasteiger partial charge in [-0.2, -0.15) is 0 Å². The monoisotopic (exact) mass is 317 g/mol. The molecule has 0 aliphatic heterocycles. The van der Waals surface area contributed by atoms with Crippen molar-refractivity contribution in [3.05, 3.63) is 77.1 Å². The molecule has 0 saturated heterocycles. The summed E-state index contributed by atoms with van der Waals surface area (Å²) in [5.41, 5.74) is 3.82. The van der Waals surface area contributed by atoms with Gasteiger partial charge in [0.2, 0.25) is 0 Å². The molecule has 0 aliphatic rings. The van der Waals surface area contributed by atoms with Gasteiger partial charge in [0, 0.05) is 17.7 Å². The van der Waals surface area contributed by atoms with Gasteiger partial charge in [0.1, 0.15) is 5.75 Å². The average Bonchev–Trinajstić information content (AvgIpc) is 3.07. The fourth-order valence-corrected chi connectivity index (χ4v) is 2.67. The molecule has 0 atom stereocenters. The number of hydrogen-bond donors (Lipinski definition) is 1. The van der Waals surface area contributed by atoms with Crippen molar-refractivity contribution < 1.29 is 4.74 Å². The van der Waals surface area contributed by atoms with Gasteiger partial charge in [-0.25, -0.2) is 9.50 Å². The van der Waals surface area contributed by atoms with E-state index in [-0.39, 0.29) is 5.56 Å². The summed E-state index contributed by atoms with van der Waals surface area (Å²) in [5.74, 6) is 0.788. The van der Waals surface area contributed by atoms with Crippen molar-refractivity contribution in [2.75, 3.05) is 7.11 Å². The minimum Gasteiger partial charge on any atom is -0.497 e. The standard InChI is InChI=1S/C19H15N3O2/c1-24-15-9-7-14(8-10-15)17-11-18-20-16(12-19(23)22(18)21-17)13-5-3-2-4-6-13/h2-12,21H,1H3. The molecule has 0 saturated carbocycles. The number of H-pyrrole nitrogens is 1. The molecule has 0 aliphatic carbocycles. The van der Waals surface area contributed by atoms with Crippen molar-refractivity contribution in [1.29, 1.82) is 0 Å². The first-order valence-corrected chi connectivity index (χ1v) is 7.57. The molecule has 2 heterocycles. The third-order valence-electron chi connectivity index (χ3n) is 3.92. The third kappa shape index (κ3) is 2.46. The van der Waals surface area contributed by atoms with Crippen LogP contribution < -0.4 is 10.3 Å². The highest BCUT2D eigenvalue weighted by Gasteiger charge is 2.09. The minimum absolute atomic E-state index is 0.140. The Kier molecular flexibility index (Phi) is 3.39. The van der Waals surface area contributed by atoms with Gasteiger partial charge in [-0.05, 0) is 29.8 Å². The third-order valence-corrected chi connectivity index (χ3v) is 3.92. The van der Waals surface area contributed by atoms with Crippen LogP contribution in [0.15, 0.2) is 71.5 Å². The molecular formula is C19H15N3O2. The van der Waals surface area contributed by atoms with Crippen LogP contribution in [0.3, 0.4) is 0 Å². The number of nitrogens with zero attached hydrogens (tertiary/aromatic N) is 2. The maximum absolute atomic E-state index is 12.4. The van der Waals surface area contributed by atoms with E-state index < -0.39 is 0 Å². The molecule has 5 heteroatoms. The van der Waals surface area contributed by atoms with Gasteiger partial charge in [-0.15, -0.1) is 0 Å². The van der Waals surface area contributed by atoms with Crippen LogP contribution in [-0.2, 0) is 0 Å². The van der Waals surface area contributed by atoms with Crippen molar-refractivity contribution in [3.63, 3.8) is 0 Å². The second-order valence-electron chi connectivity index (χ2n) is 5.44. The van der Waals surface area contributed by atoms with E-state index in [1.54, 1.807) is 7.11 Å². The summed E-state index contributed by atoms with van der Waals surface area (Å²) in [4.78, 5) is 17.0. The molecule has 5 nitrogen and oxygen atoms in total. The Labute approximate surface area is 138 Å². The molecule has 2 aromatic carbocycles. The number of methoxy groups -OCH3 is 1. The van der Waals surface area contributed by atoms with Crippen molar-refractivity contribution in [2.45, 2.75) is 0 Å². The first-order valence-electron chi connectivity index (χ1n) is 7.57. The summed E-state index contributed by atoms with van der Waals surface area (Å²) >= 11 is 0. The second kappa shape index (κ2) is 5.70. The predicted molar refractivity (Wildman–Crippen MR) is 93.2 cm³/mol. The van der Waals surface area contributed by atoms with Crippen LogP contribution in [0, 0.1) is 0 Å². The number of hydrogen-bond acceptors (Lipinski definition) is 3. The summed E-state index contributed by atoms with van der Waals surface area (Å²) in [7, 11) is 1.63. The van der Waals surface area contributed by atoms with Crippen molar-refractivity contribution in [2.24, 2.45) is 0 Å². The maximum atomic E-state index is 12.4. The second-order valence-corrected chi connectivity index (χ2v) is 5.44. The Balaban J connectivity index is 1.83. The van der Waals surface area contributed by atoms with E-state index in [9.17, 15) is 4.79 Å². The number of nitrogens with one attached hydrogen (secondary N) is 1. The fourth-order valence-electron chi connectivity index (χ4n) is 2.67. The molecule has 1 N–H and O–H groups in total. The van der Waals surface area contributed by atoms with E-state index in [1.807, 2.05) is 60.7 Å². The lowest BCUT2D eigenvalue weighted by Gasteiger charge is -2.01. The van der Waals surface area contributed by atoms with E-state index >= 15 is 0 Å². The van der Waals surface area contributed by atoms with E-state index in [2.05, 4.69) is 10.1 Å². The number of aromatic nitrogens is 3. The molecule has 118 valence electrons. The SMILES string of the molecule is COc1ccc(-c2cc3nc(-c4ccccc4)cc(=O)n3[nH]2)cc1. The van der Waals surface area contributed by atoms with E-state index in [0.29, 0.717) is 11.3 Å². The number of benzene rings is 2. The van der Waals surface area contributed by atoms with Crippen LogP contribution in [-0.4, -0.2) is 21.7 Å². The van der Waals surface area contributed by atoms with E-state index in [0.717, 1.165) is 22.6 Å². The maximum Gasteiger partial charge on any atom is 0.273 e. The summed E-state index contributed by atoms with van der Waals surface area (Å²) in [6, 6.07) is 20.7. The molecule has 0 fully saturated rings. The highest BCUT2D eigenvalue weighted by molar-refractivity contribution is 5.67. The summed E-state index contributed by atoms with van der Waals surface area (Å²) in [6.07, 6.45) is 0. The van der Waals surface area contributed by atoms with Gasteiger partial charge in [-0.3, -0.25) is 9.89 Å². The van der Waals surface area contributed by atoms with Gasteiger partial charge in [0.05, 0.1) is 18.5 Å². The first-order chi connectivity index (χ1) is 11.7. The number of aromatic amines is 1. The fraction of sp³-hybridized carbons (Fsp3) is 0.0526. The van der Waals surface area contributed by atoms with Gasteiger partial charge in [0.15, 0.2) is 5.65 Å². The molecule has 24 heavy (non-hydrogen) atoms. The Morgan fingerprint density at radius 2 is 1.71 bits per heavy atom. The highest BCUT2D eigenvalue weighted by atomic mass is 16.5. The van der Waals surface area contributed by atoms with Crippen LogP contribution in [0.5, 0.6) is 5.75 Å². The zero-order valence-electron chi connectivity index (χ0n) is 13.1. The number of rotatable bonds is 3. The molecule has 0 amide bonds. The van der Waals surface area contributed by atoms with E-state index in [1.165, 1.54) is 10.6 Å². The van der Waals surface area contributed by atoms with Gasteiger partial charge in [0.25, 0.3) is 5.56 Å². The number of fused-ring (bicyclic) bond motifs is 1. The van der Waals surface area contributed by atoms with Crippen molar-refractivity contribution >= 4 is 5.65 Å². The molecule has 4 rings (SSSR count). The molecule has 0 unspecified atom stereocenters. The van der Waals surface area contributed by atoms with Crippen LogP contribution in [0.1, 0.15) is 0 Å². The van der Waals surface area contributed by atoms with Crippen LogP contribution in [0.4, 0.5) is 0 Å². The number of ether oxygens (including phenoxy) is 1. The quantitative estimate of drug-likeness (QED) is 0.630. The molecule has 2 aromatic heterocycles. The molecular weight excluding hydrogens is 302 g/mol. The van der Waals surface area contributed by atoms with Crippen molar-refractivity contribution in [3.8, 4) is 28.3 Å². The molecule has 4 aromatic rings. The Morgan fingerprint density at radius 3 is 2.42 bits per heavy atom. The lowest BCUT2D eigenvalue weighted by Crippen LogP contribution is -2.14. The normalized spacial score (nSPS) is 10.9. The predicted octanol–water partition coefficient (Wildman–Crippen LogP) is 3.37. The van der Waals surface area contributed by atoms with Gasteiger partial charge in [-0.1, -0.05) is 30.3 Å².